The topological polar surface area (TPSA) is 111 Å². The molecule has 31 heavy (non-hydrogen) atoms. The molecule has 4 heterocycles. The van der Waals surface area contributed by atoms with Crippen molar-refractivity contribution in [1.29, 1.82) is 0 Å². The van der Waals surface area contributed by atoms with Crippen molar-refractivity contribution in [2.75, 3.05) is 23.3 Å². The number of piperidine rings is 1. The van der Waals surface area contributed by atoms with Crippen LogP contribution in [0.15, 0.2) is 36.7 Å². The number of anilines is 2. The second kappa shape index (κ2) is 8.25. The van der Waals surface area contributed by atoms with Crippen LogP contribution in [0.25, 0.3) is 5.82 Å². The lowest BCUT2D eigenvalue weighted by atomic mass is 9.97. The van der Waals surface area contributed by atoms with E-state index >= 15 is 0 Å². The van der Waals surface area contributed by atoms with Crippen LogP contribution in [0.5, 0.6) is 0 Å². The minimum absolute atomic E-state index is 0.153. The number of nitrogens with one attached hydrogen (secondary N) is 1. The maximum atomic E-state index is 13.0. The summed E-state index contributed by atoms with van der Waals surface area (Å²) in [6.07, 6.45) is 4.91. The van der Waals surface area contributed by atoms with Gasteiger partial charge in [0.05, 0.1) is 24.0 Å². The molecule has 0 bridgehead atoms. The predicted octanol–water partition coefficient (Wildman–Crippen LogP) is 2.18. The molecule has 1 aliphatic rings. The number of hydrogen-bond acceptors (Lipinski definition) is 5. The minimum Gasteiger partial charge on any atom is -0.369 e. The first-order valence-electron chi connectivity index (χ1n) is 10.3. The number of carbonyl (C=O) groups excluding carboxylic acids is 2. The van der Waals surface area contributed by atoms with Crippen LogP contribution in [0.2, 0.25) is 0 Å². The summed E-state index contributed by atoms with van der Waals surface area (Å²) in [6, 6.07) is 7.69. The van der Waals surface area contributed by atoms with Gasteiger partial charge in [-0.2, -0.15) is 5.10 Å². The molecular weight excluding hydrogens is 394 g/mol. The second-order valence-electron chi connectivity index (χ2n) is 8.00. The van der Waals surface area contributed by atoms with Crippen molar-refractivity contribution in [3.05, 3.63) is 53.6 Å². The summed E-state index contributed by atoms with van der Waals surface area (Å²) in [5, 5.41) is 7.20. The van der Waals surface area contributed by atoms with E-state index in [1.165, 1.54) is 0 Å². The Hall–Kier alpha value is -3.62. The van der Waals surface area contributed by atoms with Crippen LogP contribution >= 0.6 is 0 Å². The summed E-state index contributed by atoms with van der Waals surface area (Å²) >= 11 is 0. The molecule has 1 aliphatic heterocycles. The molecule has 162 valence electrons. The Morgan fingerprint density at radius 3 is 2.52 bits per heavy atom. The lowest BCUT2D eigenvalue weighted by Crippen LogP contribution is -2.41. The molecule has 3 N–H and O–H groups in total. The van der Waals surface area contributed by atoms with E-state index in [0.717, 1.165) is 36.6 Å². The van der Waals surface area contributed by atoms with E-state index in [-0.39, 0.29) is 17.7 Å². The van der Waals surface area contributed by atoms with Crippen molar-refractivity contribution in [2.45, 2.75) is 26.7 Å². The van der Waals surface area contributed by atoms with Gasteiger partial charge in [0.1, 0.15) is 17.2 Å². The van der Waals surface area contributed by atoms with E-state index in [9.17, 15) is 9.59 Å². The molecule has 1 unspecified atom stereocenters. The van der Waals surface area contributed by atoms with Gasteiger partial charge >= 0.3 is 0 Å². The molecule has 0 aromatic carbocycles. The monoisotopic (exact) mass is 421 g/mol. The van der Waals surface area contributed by atoms with Crippen molar-refractivity contribution in [1.82, 2.24) is 19.3 Å². The normalized spacial score (nSPS) is 16.4. The molecule has 1 fully saturated rings. The van der Waals surface area contributed by atoms with E-state index in [1.54, 1.807) is 17.1 Å². The lowest BCUT2D eigenvalue weighted by Gasteiger charge is -2.32. The third kappa shape index (κ3) is 4.03. The number of aryl methyl sites for hydroxylation is 3. The van der Waals surface area contributed by atoms with Gasteiger partial charge in [0.25, 0.3) is 5.91 Å². The molecule has 9 nitrogen and oxygen atoms in total. The number of aromatic nitrogens is 4. The van der Waals surface area contributed by atoms with Crippen molar-refractivity contribution in [2.24, 2.45) is 18.7 Å². The van der Waals surface area contributed by atoms with Crippen LogP contribution in [-0.4, -0.2) is 44.2 Å². The van der Waals surface area contributed by atoms with Gasteiger partial charge in [0.15, 0.2) is 0 Å². The second-order valence-corrected chi connectivity index (χ2v) is 8.00. The molecule has 3 aromatic heterocycles. The summed E-state index contributed by atoms with van der Waals surface area (Å²) in [5.74, 6) is 0.808. The first-order valence-corrected chi connectivity index (χ1v) is 10.3. The molecule has 0 radical (unpaired) electrons. The van der Waals surface area contributed by atoms with E-state index in [4.69, 9.17) is 5.73 Å². The number of nitrogens with zero attached hydrogens (tertiary/aromatic N) is 5. The number of amides is 2. The zero-order valence-corrected chi connectivity index (χ0v) is 18.0. The largest absolute Gasteiger partial charge is 0.369 e. The van der Waals surface area contributed by atoms with E-state index < -0.39 is 0 Å². The maximum absolute atomic E-state index is 13.0. The Bertz CT molecular complexity index is 1090. The first kappa shape index (κ1) is 20.6. The Morgan fingerprint density at radius 1 is 1.13 bits per heavy atom. The number of hydrogen-bond donors (Lipinski definition) is 2. The molecule has 1 saturated heterocycles. The van der Waals surface area contributed by atoms with Crippen molar-refractivity contribution < 1.29 is 9.59 Å². The maximum Gasteiger partial charge on any atom is 0.261 e. The Kier molecular flexibility index (Phi) is 5.50. The highest BCUT2D eigenvalue weighted by atomic mass is 16.2. The SMILES string of the molecule is Cc1ccc(C)n1-c1c(C(=O)Nc2ccc(N3CCCC(C(N)=O)C3)nc2)cnn1C. The lowest BCUT2D eigenvalue weighted by molar-refractivity contribution is -0.122. The van der Waals surface area contributed by atoms with E-state index in [2.05, 4.69) is 20.3 Å². The predicted molar refractivity (Wildman–Crippen MR) is 118 cm³/mol. The van der Waals surface area contributed by atoms with Crippen LogP contribution in [0.3, 0.4) is 0 Å². The third-order valence-electron chi connectivity index (χ3n) is 5.79. The molecule has 9 heteroatoms. The summed E-state index contributed by atoms with van der Waals surface area (Å²) in [6.45, 7) is 5.39. The molecular formula is C22H27N7O2. The average molecular weight is 422 g/mol. The smallest absolute Gasteiger partial charge is 0.261 e. The van der Waals surface area contributed by atoms with Gasteiger partial charge in [-0.25, -0.2) is 4.98 Å². The van der Waals surface area contributed by atoms with Gasteiger partial charge < -0.3 is 20.5 Å². The standard InChI is InChI=1S/C22H27N7O2/c1-14-6-7-15(2)29(14)22-18(12-25-27(22)3)21(31)26-17-8-9-19(24-11-17)28-10-4-5-16(13-28)20(23)30/h6-9,11-12,16H,4-5,10,13H2,1-3H3,(H2,23,30)(H,26,31). The Morgan fingerprint density at radius 2 is 1.87 bits per heavy atom. The highest BCUT2D eigenvalue weighted by Gasteiger charge is 2.25. The fraction of sp³-hybridized carbons (Fsp3) is 0.364. The van der Waals surface area contributed by atoms with E-state index in [0.29, 0.717) is 23.6 Å². The van der Waals surface area contributed by atoms with Gasteiger partial charge in [-0.05, 0) is 51.0 Å². The number of pyridine rings is 1. The third-order valence-corrected chi connectivity index (χ3v) is 5.79. The number of carbonyl (C=O) groups is 2. The van der Waals surface area contributed by atoms with Gasteiger partial charge in [0, 0.05) is 31.5 Å². The summed E-state index contributed by atoms with van der Waals surface area (Å²) in [4.78, 5) is 31.1. The number of primary amides is 1. The van der Waals surface area contributed by atoms with E-state index in [1.807, 2.05) is 49.7 Å². The van der Waals surface area contributed by atoms with Crippen LogP contribution in [0, 0.1) is 19.8 Å². The molecule has 0 saturated carbocycles. The fourth-order valence-corrected chi connectivity index (χ4v) is 4.12. The molecule has 2 amide bonds. The zero-order valence-electron chi connectivity index (χ0n) is 18.0. The zero-order chi connectivity index (χ0) is 22.1. The van der Waals surface area contributed by atoms with Crippen LogP contribution in [-0.2, 0) is 11.8 Å². The molecule has 0 aliphatic carbocycles. The van der Waals surface area contributed by atoms with Gasteiger partial charge in [-0.3, -0.25) is 14.3 Å². The quantitative estimate of drug-likeness (QED) is 0.656. The van der Waals surface area contributed by atoms with Gasteiger partial charge in [-0.1, -0.05) is 0 Å². The number of nitrogens with two attached hydrogens (primary N) is 1. The minimum atomic E-state index is -0.269. The van der Waals surface area contributed by atoms with Crippen molar-refractivity contribution >= 4 is 23.3 Å². The number of rotatable bonds is 5. The van der Waals surface area contributed by atoms with Gasteiger partial charge in [-0.15, -0.1) is 0 Å². The first-order chi connectivity index (χ1) is 14.8. The molecule has 4 rings (SSSR count). The summed E-state index contributed by atoms with van der Waals surface area (Å²) in [7, 11) is 1.82. The van der Waals surface area contributed by atoms with Crippen LogP contribution < -0.4 is 16.0 Å². The average Bonchev–Trinajstić information content (AvgIpc) is 3.29. The Labute approximate surface area is 180 Å². The molecule has 3 aromatic rings. The van der Waals surface area contributed by atoms with Crippen LogP contribution in [0.4, 0.5) is 11.5 Å². The van der Waals surface area contributed by atoms with Gasteiger partial charge in [0.2, 0.25) is 5.91 Å². The highest BCUT2D eigenvalue weighted by Crippen LogP contribution is 2.24. The summed E-state index contributed by atoms with van der Waals surface area (Å²) in [5.41, 5.74) is 8.59. The van der Waals surface area contributed by atoms with Crippen LogP contribution in [0.1, 0.15) is 34.6 Å². The van der Waals surface area contributed by atoms with Crippen molar-refractivity contribution in [3.8, 4) is 5.82 Å². The Balaban J connectivity index is 1.51. The molecule has 1 atom stereocenters. The summed E-state index contributed by atoms with van der Waals surface area (Å²) < 4.78 is 3.70. The fourth-order valence-electron chi connectivity index (χ4n) is 4.12. The van der Waals surface area contributed by atoms with Crippen molar-refractivity contribution in [3.63, 3.8) is 0 Å². The highest BCUT2D eigenvalue weighted by molar-refractivity contribution is 6.06. The molecule has 0 spiro atoms.